The molecule has 9 heteroatoms. The zero-order chi connectivity index (χ0) is 17.3. The van der Waals surface area contributed by atoms with Gasteiger partial charge in [0.05, 0.1) is 22.3 Å². The normalized spacial score (nSPS) is 10.7. The summed E-state index contributed by atoms with van der Waals surface area (Å²) < 4.78 is 33.9. The maximum absolute atomic E-state index is 14.5. The van der Waals surface area contributed by atoms with Crippen LogP contribution in [-0.2, 0) is 0 Å². The summed E-state index contributed by atoms with van der Waals surface area (Å²) in [5.41, 5.74) is 3.18. The summed E-state index contributed by atoms with van der Waals surface area (Å²) >= 11 is 11.5. The molecule has 0 spiro atoms. The first-order valence-corrected chi connectivity index (χ1v) is 7.04. The Hall–Kier alpha value is -2.12. The fourth-order valence-corrected chi connectivity index (χ4v) is 2.28. The van der Waals surface area contributed by atoms with Crippen molar-refractivity contribution in [2.75, 3.05) is 12.3 Å². The minimum absolute atomic E-state index is 0.0195. The second-order valence-corrected chi connectivity index (χ2v) is 5.11. The van der Waals surface area contributed by atoms with Crippen LogP contribution in [0.2, 0.25) is 10.0 Å². The first-order valence-electron chi connectivity index (χ1n) is 6.28. The maximum Gasteiger partial charge on any atom is 0.356 e. The van der Waals surface area contributed by atoms with Gasteiger partial charge in [-0.05, 0) is 19.1 Å². The van der Waals surface area contributed by atoms with Crippen molar-refractivity contribution in [3.8, 4) is 17.0 Å². The van der Waals surface area contributed by atoms with Crippen LogP contribution in [0, 0.1) is 11.6 Å². The van der Waals surface area contributed by atoms with Crippen molar-refractivity contribution in [1.29, 1.82) is 0 Å². The van der Waals surface area contributed by atoms with Gasteiger partial charge in [-0.15, -0.1) is 0 Å². The fourth-order valence-electron chi connectivity index (χ4n) is 1.87. The minimum atomic E-state index is -1.53. The largest absolute Gasteiger partial charge is 0.489 e. The number of aromatic nitrogens is 1. The number of benzene rings is 1. The summed E-state index contributed by atoms with van der Waals surface area (Å²) in [7, 11) is 0. The van der Waals surface area contributed by atoms with Crippen molar-refractivity contribution >= 4 is 34.9 Å². The number of rotatable bonds is 4. The highest BCUT2D eigenvalue weighted by atomic mass is 35.5. The molecule has 0 radical (unpaired) electrons. The number of carbonyl (C=O) groups is 1. The number of carboxylic acid groups (broad SMARTS) is 1. The molecule has 0 aliphatic heterocycles. The number of pyridine rings is 1. The Morgan fingerprint density at radius 2 is 2.00 bits per heavy atom. The molecule has 0 saturated carbocycles. The molecule has 0 saturated heterocycles. The summed E-state index contributed by atoms with van der Waals surface area (Å²) in [5.74, 6) is -3.94. The van der Waals surface area contributed by atoms with Crippen molar-refractivity contribution in [2.24, 2.45) is 0 Å². The highest BCUT2D eigenvalue weighted by Gasteiger charge is 2.25. The lowest BCUT2D eigenvalue weighted by molar-refractivity contribution is 0.0691. The quantitative estimate of drug-likeness (QED) is 0.857. The number of carboxylic acids is 1. The van der Waals surface area contributed by atoms with Crippen LogP contribution in [0.4, 0.5) is 14.5 Å². The van der Waals surface area contributed by atoms with E-state index in [2.05, 4.69) is 4.98 Å². The second kappa shape index (κ2) is 6.55. The molecule has 23 heavy (non-hydrogen) atoms. The molecule has 5 nitrogen and oxygen atoms in total. The maximum atomic E-state index is 14.5. The summed E-state index contributed by atoms with van der Waals surface area (Å²) in [6.07, 6.45) is 0. The van der Waals surface area contributed by atoms with E-state index in [0.717, 1.165) is 6.07 Å². The third kappa shape index (κ3) is 3.02. The van der Waals surface area contributed by atoms with E-state index in [4.69, 9.17) is 38.8 Å². The van der Waals surface area contributed by atoms with Crippen LogP contribution in [-0.4, -0.2) is 22.7 Å². The van der Waals surface area contributed by atoms with Gasteiger partial charge in [0.1, 0.15) is 5.69 Å². The van der Waals surface area contributed by atoms with Crippen LogP contribution in [0.25, 0.3) is 11.3 Å². The number of nitrogens with two attached hydrogens (primary N) is 1. The van der Waals surface area contributed by atoms with E-state index < -0.39 is 39.7 Å². The van der Waals surface area contributed by atoms with E-state index in [9.17, 15) is 13.6 Å². The molecule has 0 aliphatic carbocycles. The van der Waals surface area contributed by atoms with E-state index >= 15 is 0 Å². The van der Waals surface area contributed by atoms with E-state index in [1.54, 1.807) is 6.92 Å². The van der Waals surface area contributed by atoms with Gasteiger partial charge in [-0.3, -0.25) is 0 Å². The van der Waals surface area contributed by atoms with Gasteiger partial charge in [0.2, 0.25) is 0 Å². The molecule has 0 fully saturated rings. The first-order chi connectivity index (χ1) is 10.8. The van der Waals surface area contributed by atoms with Crippen molar-refractivity contribution < 1.29 is 23.4 Å². The predicted molar refractivity (Wildman–Crippen MR) is 82.1 cm³/mol. The van der Waals surface area contributed by atoms with Gasteiger partial charge in [-0.1, -0.05) is 23.2 Å². The molecule has 1 aromatic carbocycles. The lowest BCUT2D eigenvalue weighted by atomic mass is 10.1. The highest BCUT2D eigenvalue weighted by molar-refractivity contribution is 6.35. The molecular formula is C14H10Cl2F2N2O3. The topological polar surface area (TPSA) is 85.4 Å². The number of anilines is 1. The lowest BCUT2D eigenvalue weighted by Gasteiger charge is -2.13. The summed E-state index contributed by atoms with van der Waals surface area (Å²) in [6.45, 7) is 1.74. The van der Waals surface area contributed by atoms with Crippen molar-refractivity contribution in [2.45, 2.75) is 6.92 Å². The molecule has 0 amide bonds. The Kier molecular flexibility index (Phi) is 4.91. The number of hydrogen-bond acceptors (Lipinski definition) is 4. The average molecular weight is 363 g/mol. The van der Waals surface area contributed by atoms with E-state index in [-0.39, 0.29) is 22.9 Å². The van der Waals surface area contributed by atoms with Gasteiger partial charge in [0.25, 0.3) is 0 Å². The minimum Gasteiger partial charge on any atom is -0.489 e. The molecule has 2 rings (SSSR count). The Balaban J connectivity index is 2.77. The molecular weight excluding hydrogens is 353 g/mol. The van der Waals surface area contributed by atoms with Gasteiger partial charge in [-0.2, -0.15) is 0 Å². The number of hydrogen-bond donors (Lipinski definition) is 2. The molecule has 0 atom stereocenters. The highest BCUT2D eigenvalue weighted by Crippen LogP contribution is 2.38. The zero-order valence-electron chi connectivity index (χ0n) is 11.7. The zero-order valence-corrected chi connectivity index (χ0v) is 13.2. The van der Waals surface area contributed by atoms with Crippen LogP contribution in [0.3, 0.4) is 0 Å². The smallest absolute Gasteiger partial charge is 0.356 e. The molecule has 1 aromatic heterocycles. The first kappa shape index (κ1) is 17.2. The van der Waals surface area contributed by atoms with Crippen LogP contribution in [0.5, 0.6) is 5.75 Å². The monoisotopic (exact) mass is 362 g/mol. The van der Waals surface area contributed by atoms with Crippen molar-refractivity contribution in [3.63, 3.8) is 0 Å². The van der Waals surface area contributed by atoms with Crippen LogP contribution >= 0.6 is 23.2 Å². The summed E-state index contributed by atoms with van der Waals surface area (Å²) in [6, 6.07) is 2.42. The standard InChI is InChI=1S/C14H10Cl2F2N2O3/c1-2-23-13-6(15)4-3-5(8(13)17)11-9(18)10(19)7(16)12(20-11)14(21)22/h3-4H,2H2,1H3,(H2,19,20)(H,21,22). The summed E-state index contributed by atoms with van der Waals surface area (Å²) in [5, 5.41) is 8.46. The van der Waals surface area contributed by atoms with E-state index in [1.807, 2.05) is 0 Å². The van der Waals surface area contributed by atoms with Crippen LogP contribution in [0.1, 0.15) is 17.4 Å². The molecule has 2 aromatic rings. The van der Waals surface area contributed by atoms with E-state index in [0.29, 0.717) is 0 Å². The molecule has 0 unspecified atom stereocenters. The van der Waals surface area contributed by atoms with Gasteiger partial charge >= 0.3 is 5.97 Å². The third-order valence-electron chi connectivity index (χ3n) is 2.91. The SMILES string of the molecule is CCOc1c(Cl)ccc(-c2nc(C(=O)O)c(Cl)c(N)c2F)c1F. The number of nitrogen functional groups attached to an aromatic ring is 1. The van der Waals surface area contributed by atoms with Gasteiger partial charge in [0, 0.05) is 5.56 Å². The number of nitrogens with zero attached hydrogens (tertiary/aromatic N) is 1. The molecule has 1 heterocycles. The summed E-state index contributed by atoms with van der Waals surface area (Å²) in [4.78, 5) is 14.7. The number of ether oxygens (including phenoxy) is 1. The van der Waals surface area contributed by atoms with Crippen molar-refractivity contribution in [3.05, 3.63) is 39.5 Å². The number of halogens is 4. The van der Waals surface area contributed by atoms with Gasteiger partial charge in [-0.25, -0.2) is 18.6 Å². The second-order valence-electron chi connectivity index (χ2n) is 4.33. The predicted octanol–water partition coefficient (Wildman–Crippen LogP) is 4.01. The Bertz CT molecular complexity index is 800. The Morgan fingerprint density at radius 3 is 2.57 bits per heavy atom. The molecule has 0 bridgehead atoms. The number of aromatic carboxylic acids is 1. The Labute approximate surface area is 139 Å². The van der Waals surface area contributed by atoms with E-state index in [1.165, 1.54) is 6.07 Å². The fraction of sp³-hybridized carbons (Fsp3) is 0.143. The van der Waals surface area contributed by atoms with Gasteiger partial charge in [0.15, 0.2) is 23.1 Å². The molecule has 122 valence electrons. The lowest BCUT2D eigenvalue weighted by Crippen LogP contribution is -2.09. The average Bonchev–Trinajstić information content (AvgIpc) is 2.50. The van der Waals surface area contributed by atoms with Crippen LogP contribution in [0.15, 0.2) is 12.1 Å². The molecule has 0 aliphatic rings. The van der Waals surface area contributed by atoms with Gasteiger partial charge < -0.3 is 15.6 Å². The van der Waals surface area contributed by atoms with Crippen LogP contribution < -0.4 is 10.5 Å². The molecule has 3 N–H and O–H groups in total. The third-order valence-corrected chi connectivity index (χ3v) is 3.59. The Morgan fingerprint density at radius 1 is 1.35 bits per heavy atom. The van der Waals surface area contributed by atoms with Crippen molar-refractivity contribution in [1.82, 2.24) is 4.98 Å².